The van der Waals surface area contributed by atoms with E-state index >= 15 is 0 Å². The first-order chi connectivity index (χ1) is 11.5. The number of nitrogens with one attached hydrogen (secondary N) is 3. The lowest BCUT2D eigenvalue weighted by Gasteiger charge is -2.06. The van der Waals surface area contributed by atoms with Crippen LogP contribution in [0.1, 0.15) is 32.6 Å². The molecule has 0 atom stereocenters. The van der Waals surface area contributed by atoms with E-state index in [1.807, 2.05) is 22.8 Å². The molecule has 3 amide bonds. The Balaban J connectivity index is 1.72. The second kappa shape index (κ2) is 8.06. The molecule has 2 aromatic heterocycles. The van der Waals surface area contributed by atoms with Gasteiger partial charge in [-0.25, -0.2) is 9.59 Å². The van der Waals surface area contributed by atoms with Crippen molar-refractivity contribution in [2.75, 3.05) is 6.61 Å². The van der Waals surface area contributed by atoms with Gasteiger partial charge in [0, 0.05) is 16.6 Å². The molecular weight excluding hydrogens is 334 g/mol. The molecule has 2 aromatic rings. The van der Waals surface area contributed by atoms with E-state index in [1.165, 1.54) is 30.5 Å². The Morgan fingerprint density at radius 1 is 1.29 bits per heavy atom. The van der Waals surface area contributed by atoms with Crippen LogP contribution in [-0.4, -0.2) is 35.3 Å². The van der Waals surface area contributed by atoms with Crippen molar-refractivity contribution in [2.45, 2.75) is 13.5 Å². The first kappa shape index (κ1) is 17.4. The molecule has 0 aliphatic rings. The Kier molecular flexibility index (Phi) is 5.85. The number of rotatable bonds is 6. The highest BCUT2D eigenvalue weighted by Crippen LogP contribution is 2.07. The number of ketones is 1. The number of carbonyl (C=O) groups excluding carboxylic acids is 4. The molecule has 0 unspecified atom stereocenters. The Morgan fingerprint density at radius 3 is 2.71 bits per heavy atom. The monoisotopic (exact) mass is 349 g/mol. The molecule has 0 aliphatic carbocycles. The fourth-order valence-corrected chi connectivity index (χ4v) is 2.36. The van der Waals surface area contributed by atoms with Crippen LogP contribution in [0.2, 0.25) is 0 Å². The average molecular weight is 349 g/mol. The molecule has 0 aromatic carbocycles. The van der Waals surface area contributed by atoms with E-state index in [-0.39, 0.29) is 11.5 Å². The predicted octanol–water partition coefficient (Wildman–Crippen LogP) is 1.46. The van der Waals surface area contributed by atoms with E-state index in [1.54, 1.807) is 0 Å². The van der Waals surface area contributed by atoms with Gasteiger partial charge in [-0.3, -0.25) is 14.9 Å². The summed E-state index contributed by atoms with van der Waals surface area (Å²) in [4.78, 5) is 49.4. The third-order valence-electron chi connectivity index (χ3n) is 2.90. The van der Waals surface area contributed by atoms with Crippen LogP contribution in [-0.2, 0) is 16.1 Å². The van der Waals surface area contributed by atoms with Gasteiger partial charge in [-0.15, -0.1) is 11.3 Å². The van der Waals surface area contributed by atoms with Crippen molar-refractivity contribution in [2.24, 2.45) is 0 Å². The van der Waals surface area contributed by atoms with Crippen LogP contribution < -0.4 is 10.6 Å². The molecule has 2 rings (SSSR count). The molecule has 0 radical (unpaired) electrons. The second-order valence-corrected chi connectivity index (χ2v) is 5.78. The van der Waals surface area contributed by atoms with Gasteiger partial charge in [0.05, 0.1) is 6.54 Å². The van der Waals surface area contributed by atoms with E-state index in [9.17, 15) is 19.2 Å². The lowest BCUT2D eigenvalue weighted by molar-refractivity contribution is -0.123. The van der Waals surface area contributed by atoms with Crippen LogP contribution in [0.25, 0.3) is 0 Å². The summed E-state index contributed by atoms with van der Waals surface area (Å²) in [6.45, 7) is 1.05. The Labute approximate surface area is 141 Å². The van der Waals surface area contributed by atoms with Crippen molar-refractivity contribution in [3.8, 4) is 0 Å². The largest absolute Gasteiger partial charge is 0.451 e. The number of Topliss-reactive ketones (excluding diaryl/α,β-unsaturated/α-hetero) is 1. The molecule has 0 bridgehead atoms. The number of hydrogen-bond acceptors (Lipinski definition) is 6. The minimum Gasteiger partial charge on any atom is -0.451 e. The zero-order chi connectivity index (χ0) is 17.5. The number of imide groups is 1. The topological polar surface area (TPSA) is 117 Å². The highest BCUT2D eigenvalue weighted by atomic mass is 32.1. The fraction of sp³-hybridized carbons (Fsp3) is 0.200. The van der Waals surface area contributed by atoms with E-state index in [2.05, 4.69) is 10.3 Å². The van der Waals surface area contributed by atoms with Crippen molar-refractivity contribution in [1.82, 2.24) is 15.6 Å². The second-order valence-electron chi connectivity index (χ2n) is 4.74. The summed E-state index contributed by atoms with van der Waals surface area (Å²) in [6.07, 6.45) is 1.37. The van der Waals surface area contributed by atoms with Crippen LogP contribution in [0.5, 0.6) is 0 Å². The molecule has 2 heterocycles. The molecule has 126 valence electrons. The molecule has 0 saturated carbocycles. The number of hydrogen-bond donors (Lipinski definition) is 3. The third-order valence-corrected chi connectivity index (χ3v) is 3.78. The zero-order valence-corrected chi connectivity index (χ0v) is 13.6. The van der Waals surface area contributed by atoms with Crippen molar-refractivity contribution < 1.29 is 23.9 Å². The number of aromatic nitrogens is 1. The Bertz CT molecular complexity index is 751. The normalized spacial score (nSPS) is 10.0. The predicted molar refractivity (Wildman–Crippen MR) is 85.8 cm³/mol. The fourth-order valence-electron chi connectivity index (χ4n) is 1.71. The van der Waals surface area contributed by atoms with Gasteiger partial charge in [0.2, 0.25) is 0 Å². The maximum absolute atomic E-state index is 11.7. The first-order valence-electron chi connectivity index (χ1n) is 6.92. The van der Waals surface area contributed by atoms with E-state index in [0.29, 0.717) is 12.1 Å². The zero-order valence-electron chi connectivity index (χ0n) is 12.8. The number of amides is 3. The molecule has 0 saturated heterocycles. The third kappa shape index (κ3) is 5.06. The van der Waals surface area contributed by atoms with Gasteiger partial charge in [-0.1, -0.05) is 6.07 Å². The van der Waals surface area contributed by atoms with Crippen LogP contribution in [0.15, 0.2) is 29.8 Å². The minimum absolute atomic E-state index is 0.0511. The summed E-state index contributed by atoms with van der Waals surface area (Å²) in [7, 11) is 0. The Morgan fingerprint density at radius 2 is 2.08 bits per heavy atom. The molecule has 0 fully saturated rings. The number of ether oxygens (including phenoxy) is 1. The molecule has 0 aliphatic heterocycles. The maximum atomic E-state index is 11.7. The van der Waals surface area contributed by atoms with Crippen molar-refractivity contribution in [3.05, 3.63) is 45.9 Å². The Hall–Kier alpha value is -2.94. The van der Waals surface area contributed by atoms with Crippen LogP contribution in [0.3, 0.4) is 0 Å². The molecule has 3 N–H and O–H groups in total. The maximum Gasteiger partial charge on any atom is 0.355 e. The highest BCUT2D eigenvalue weighted by molar-refractivity contribution is 7.09. The van der Waals surface area contributed by atoms with Gasteiger partial charge in [0.15, 0.2) is 12.4 Å². The summed E-state index contributed by atoms with van der Waals surface area (Å²) in [6, 6.07) is 4.35. The van der Waals surface area contributed by atoms with Gasteiger partial charge < -0.3 is 15.0 Å². The van der Waals surface area contributed by atoms with Crippen LogP contribution in [0.4, 0.5) is 4.79 Å². The van der Waals surface area contributed by atoms with E-state index in [0.717, 1.165) is 4.88 Å². The lowest BCUT2D eigenvalue weighted by atomic mass is 10.2. The van der Waals surface area contributed by atoms with Crippen LogP contribution >= 0.6 is 11.3 Å². The number of H-pyrrole nitrogens is 1. The lowest BCUT2D eigenvalue weighted by Crippen LogP contribution is -2.41. The number of carbonyl (C=O) groups is 4. The van der Waals surface area contributed by atoms with Gasteiger partial charge in [0.1, 0.15) is 5.69 Å². The number of thiophene rings is 1. The quantitative estimate of drug-likeness (QED) is 0.539. The van der Waals surface area contributed by atoms with Gasteiger partial charge in [-0.05, 0) is 24.4 Å². The number of urea groups is 1. The first-order valence-corrected chi connectivity index (χ1v) is 7.80. The summed E-state index contributed by atoms with van der Waals surface area (Å²) in [5, 5.41) is 6.43. The molecule has 0 spiro atoms. The summed E-state index contributed by atoms with van der Waals surface area (Å²) in [5.74, 6) is -1.76. The van der Waals surface area contributed by atoms with Crippen LogP contribution in [0, 0.1) is 0 Å². The van der Waals surface area contributed by atoms with Gasteiger partial charge in [-0.2, -0.15) is 0 Å². The van der Waals surface area contributed by atoms with Gasteiger partial charge >= 0.3 is 12.0 Å². The minimum atomic E-state index is -0.795. The smallest absolute Gasteiger partial charge is 0.355 e. The summed E-state index contributed by atoms with van der Waals surface area (Å²) < 4.78 is 4.76. The summed E-state index contributed by atoms with van der Waals surface area (Å²) >= 11 is 1.48. The van der Waals surface area contributed by atoms with Gasteiger partial charge in [0.25, 0.3) is 5.91 Å². The van der Waals surface area contributed by atoms with Crippen molar-refractivity contribution >= 4 is 35.0 Å². The molecule has 9 heteroatoms. The van der Waals surface area contributed by atoms with Crippen molar-refractivity contribution in [3.63, 3.8) is 0 Å². The standard InChI is InChI=1S/C15H15N3O5S/c1-9(19)10-5-12(16-6-10)14(21)23-8-13(20)18-15(22)17-7-11-3-2-4-24-11/h2-6,16H,7-8H2,1H3,(H2,17,18,20,22). The number of aromatic amines is 1. The highest BCUT2D eigenvalue weighted by Gasteiger charge is 2.15. The molecular formula is C15H15N3O5S. The summed E-state index contributed by atoms with van der Waals surface area (Å²) in [5.41, 5.74) is 0.384. The average Bonchev–Trinajstić information content (AvgIpc) is 3.21. The molecule has 8 nitrogen and oxygen atoms in total. The number of esters is 1. The SMILES string of the molecule is CC(=O)c1c[nH]c(C(=O)OCC(=O)NC(=O)NCc2cccs2)c1. The van der Waals surface area contributed by atoms with Crippen molar-refractivity contribution in [1.29, 1.82) is 0 Å². The van der Waals surface area contributed by atoms with E-state index in [4.69, 9.17) is 4.74 Å². The van der Waals surface area contributed by atoms with E-state index < -0.39 is 24.5 Å². The molecule has 24 heavy (non-hydrogen) atoms.